The largest absolute Gasteiger partial charge is 0.417 e. The quantitative estimate of drug-likeness (QED) is 0.217. The van der Waals surface area contributed by atoms with E-state index in [1.807, 2.05) is 13.8 Å². The van der Waals surface area contributed by atoms with Crippen molar-refractivity contribution in [2.75, 3.05) is 23.7 Å². The predicted octanol–water partition coefficient (Wildman–Crippen LogP) is 5.49. The second-order valence-electron chi connectivity index (χ2n) is 11.0. The molecule has 3 aliphatic heterocycles. The van der Waals surface area contributed by atoms with Gasteiger partial charge in [-0.1, -0.05) is 18.7 Å². The van der Waals surface area contributed by atoms with Crippen LogP contribution in [0.1, 0.15) is 19.4 Å². The molecule has 1 aromatic heterocycles. The predicted molar refractivity (Wildman–Crippen MR) is 159 cm³/mol. The average molecular weight is 627 g/mol. The Balaban J connectivity index is 1.61. The standard InChI is InChI=1S/C30H28F4N7O2S/c1-4-24(42)41-17(2)12-38(13-18(41)3)28-22-11-23(30(32,33)34)25(20-5-7-21(31)8-6-20)27-26(22)40(29(43)36-28)15-19(16-44-27)14-39-10-9-35-37-39/h4-11,14,17-19H,1,12-13,15-16H2,2-3H3/q+1/b39-14-/t17-,18+,19?. The van der Waals surface area contributed by atoms with E-state index in [2.05, 4.69) is 21.9 Å². The summed E-state index contributed by atoms with van der Waals surface area (Å²) in [5, 5.41) is 7.95. The van der Waals surface area contributed by atoms with E-state index in [1.165, 1.54) is 45.4 Å². The molecule has 1 fully saturated rings. The average Bonchev–Trinajstić information content (AvgIpc) is 3.41. The zero-order valence-electron chi connectivity index (χ0n) is 23.8. The van der Waals surface area contributed by atoms with Crippen LogP contribution in [-0.4, -0.2) is 62.2 Å². The van der Waals surface area contributed by atoms with Crippen molar-refractivity contribution in [2.24, 2.45) is 16.3 Å². The van der Waals surface area contributed by atoms with Gasteiger partial charge < -0.3 is 9.80 Å². The number of amides is 1. The molecule has 1 amide bonds. The van der Waals surface area contributed by atoms with Gasteiger partial charge in [-0.05, 0) is 43.7 Å². The number of nitrogens with zero attached hydrogens (tertiary/aromatic N) is 7. The third-order valence-electron chi connectivity index (χ3n) is 7.95. The first-order chi connectivity index (χ1) is 21.0. The van der Waals surface area contributed by atoms with Gasteiger partial charge in [-0.25, -0.2) is 9.18 Å². The molecule has 0 bridgehead atoms. The van der Waals surface area contributed by atoms with E-state index in [0.717, 1.165) is 18.2 Å². The Morgan fingerprint density at radius 2 is 1.84 bits per heavy atom. The van der Waals surface area contributed by atoms with Crippen molar-refractivity contribution in [1.29, 1.82) is 0 Å². The molecular formula is C30H28F4N7O2S+. The van der Waals surface area contributed by atoms with Gasteiger partial charge >= 0.3 is 11.9 Å². The third kappa shape index (κ3) is 5.31. The topological polar surface area (TPSA) is 86.2 Å². The molecule has 3 atom stereocenters. The Morgan fingerprint density at radius 3 is 2.45 bits per heavy atom. The minimum absolute atomic E-state index is 0.121. The molecule has 228 valence electrons. The summed E-state index contributed by atoms with van der Waals surface area (Å²) in [5.74, 6) is -0.684. The summed E-state index contributed by atoms with van der Waals surface area (Å²) in [7, 11) is 0. The first-order valence-electron chi connectivity index (χ1n) is 13.9. The van der Waals surface area contributed by atoms with Crippen molar-refractivity contribution in [3.05, 3.63) is 77.3 Å². The van der Waals surface area contributed by atoms with Crippen molar-refractivity contribution in [1.82, 2.24) is 14.5 Å². The van der Waals surface area contributed by atoms with E-state index in [4.69, 9.17) is 0 Å². The number of aromatic nitrogens is 2. The number of halogens is 4. The van der Waals surface area contributed by atoms with Crippen LogP contribution in [0.3, 0.4) is 0 Å². The molecular weight excluding hydrogens is 598 g/mol. The molecule has 0 aliphatic carbocycles. The van der Waals surface area contributed by atoms with Gasteiger partial charge in [0.25, 0.3) is 0 Å². The molecule has 3 aromatic rings. The zero-order valence-corrected chi connectivity index (χ0v) is 24.6. The van der Waals surface area contributed by atoms with Crippen molar-refractivity contribution < 1.29 is 27.0 Å². The molecule has 1 unspecified atom stereocenters. The summed E-state index contributed by atoms with van der Waals surface area (Å²) >= 11 is 1.20. The molecule has 6 rings (SSSR count). The number of thioether (sulfide) groups is 1. The number of benzene rings is 2. The molecule has 0 radical (unpaired) electrons. The fourth-order valence-corrected chi connectivity index (χ4v) is 7.49. The van der Waals surface area contributed by atoms with Gasteiger partial charge in [0.05, 0.1) is 16.2 Å². The third-order valence-corrected chi connectivity index (χ3v) is 9.23. The van der Waals surface area contributed by atoms with Crippen LogP contribution in [0, 0.1) is 11.7 Å². The van der Waals surface area contributed by atoms with Gasteiger partial charge in [-0.2, -0.15) is 18.2 Å². The molecule has 44 heavy (non-hydrogen) atoms. The highest BCUT2D eigenvalue weighted by atomic mass is 32.2. The van der Waals surface area contributed by atoms with E-state index in [1.54, 1.807) is 22.2 Å². The molecule has 14 heteroatoms. The highest BCUT2D eigenvalue weighted by Gasteiger charge is 2.40. The number of rotatable bonds is 4. The summed E-state index contributed by atoms with van der Waals surface area (Å²) in [6.45, 7) is 7.89. The molecule has 4 heterocycles. The van der Waals surface area contributed by atoms with E-state index >= 15 is 0 Å². The molecule has 1 saturated heterocycles. The second-order valence-corrected chi connectivity index (χ2v) is 12.0. The number of alkyl halides is 3. The monoisotopic (exact) mass is 626 g/mol. The van der Waals surface area contributed by atoms with Crippen LogP contribution >= 0.6 is 11.8 Å². The smallest absolute Gasteiger partial charge is 0.352 e. The zero-order chi connectivity index (χ0) is 31.3. The van der Waals surface area contributed by atoms with Crippen LogP contribution in [0.2, 0.25) is 0 Å². The summed E-state index contributed by atoms with van der Waals surface area (Å²) < 4.78 is 61.5. The maximum absolute atomic E-state index is 14.9. The maximum Gasteiger partial charge on any atom is 0.417 e. The molecule has 9 nitrogen and oxygen atoms in total. The lowest BCUT2D eigenvalue weighted by atomic mass is 9.96. The van der Waals surface area contributed by atoms with E-state index in [9.17, 15) is 27.2 Å². The van der Waals surface area contributed by atoms with E-state index in [0.29, 0.717) is 11.3 Å². The molecule has 2 aromatic carbocycles. The lowest BCUT2D eigenvalue weighted by molar-refractivity contribution is -0.461. The van der Waals surface area contributed by atoms with Crippen LogP contribution in [0.5, 0.6) is 0 Å². The van der Waals surface area contributed by atoms with Gasteiger partial charge in [0.1, 0.15) is 23.1 Å². The highest BCUT2D eigenvalue weighted by molar-refractivity contribution is 7.99. The van der Waals surface area contributed by atoms with E-state index in [-0.39, 0.29) is 70.8 Å². The Labute approximate surface area is 253 Å². The van der Waals surface area contributed by atoms with Gasteiger partial charge in [-0.3, -0.25) is 9.36 Å². The Morgan fingerprint density at radius 1 is 1.14 bits per heavy atom. The number of carbonyl (C=O) groups is 1. The minimum Gasteiger partial charge on any atom is -0.352 e. The normalized spacial score (nSPS) is 22.6. The number of carbonyl (C=O) groups excluding carboxylic acids is 1. The van der Waals surface area contributed by atoms with Crippen LogP contribution in [0.4, 0.5) is 23.4 Å². The lowest BCUT2D eigenvalue weighted by Crippen LogP contribution is -2.58. The number of piperazine rings is 1. The fourth-order valence-electron chi connectivity index (χ4n) is 6.19. The lowest BCUT2D eigenvalue weighted by Gasteiger charge is -2.44. The Bertz CT molecular complexity index is 1790. The van der Waals surface area contributed by atoms with Crippen molar-refractivity contribution >= 4 is 40.6 Å². The van der Waals surface area contributed by atoms with Gasteiger partial charge in [0.2, 0.25) is 12.1 Å². The van der Waals surface area contributed by atoms with Crippen LogP contribution in [0.15, 0.2) is 75.4 Å². The SMILES string of the molecule is C=CC(=O)N1[C@H](C)CN(c2nc(=O)n3c4c(c(-c5ccc(F)cc5)c(C(F)(F)F)cc24)SCC(/C=[N+]2/C=CN=N2)C3)C[C@@H]1C. The molecule has 0 N–H and O–H groups in total. The van der Waals surface area contributed by atoms with Crippen molar-refractivity contribution in [3.8, 4) is 11.1 Å². The van der Waals surface area contributed by atoms with Crippen LogP contribution in [-0.2, 0) is 17.5 Å². The summed E-state index contributed by atoms with van der Waals surface area (Å²) in [6.07, 6.45) is 1.35. The molecule has 0 spiro atoms. The summed E-state index contributed by atoms with van der Waals surface area (Å²) in [6, 6.07) is 5.27. The number of anilines is 1. The summed E-state index contributed by atoms with van der Waals surface area (Å²) in [4.78, 5) is 34.4. The van der Waals surface area contributed by atoms with E-state index < -0.39 is 23.2 Å². The fraction of sp³-hybridized carbons (Fsp3) is 0.333. The molecule has 3 aliphatic rings. The first kappa shape index (κ1) is 29.7. The van der Waals surface area contributed by atoms with Gasteiger partial charge in [0.15, 0.2) is 6.20 Å². The summed E-state index contributed by atoms with van der Waals surface area (Å²) in [5.41, 5.74) is -1.13. The Kier molecular flexibility index (Phi) is 7.64. The highest BCUT2D eigenvalue weighted by Crippen LogP contribution is 2.48. The maximum atomic E-state index is 14.9. The van der Waals surface area contributed by atoms with Gasteiger partial charge in [-0.15, -0.1) is 16.4 Å². The van der Waals surface area contributed by atoms with Crippen molar-refractivity contribution in [3.63, 3.8) is 0 Å². The number of hydrogen-bond donors (Lipinski definition) is 0. The first-order valence-corrected chi connectivity index (χ1v) is 14.9. The Hall–Kier alpha value is -4.33. The van der Waals surface area contributed by atoms with Gasteiger partial charge in [0, 0.05) is 59.2 Å². The molecule has 0 saturated carbocycles. The van der Waals surface area contributed by atoms with Crippen LogP contribution < -0.4 is 10.6 Å². The number of hydrogen-bond acceptors (Lipinski definition) is 7. The second kappa shape index (κ2) is 11.3. The minimum atomic E-state index is -4.78. The van der Waals surface area contributed by atoms with Crippen molar-refractivity contribution in [2.45, 2.75) is 43.5 Å². The van der Waals surface area contributed by atoms with Crippen LogP contribution in [0.25, 0.3) is 22.0 Å².